The van der Waals surface area contributed by atoms with Gasteiger partial charge >= 0.3 is 0 Å². The molecule has 2 amide bonds. The maximum absolute atomic E-state index is 14.2. The summed E-state index contributed by atoms with van der Waals surface area (Å²) in [6.07, 6.45) is 8.26. The Bertz CT molecular complexity index is 1340. The minimum absolute atomic E-state index is 0.102. The van der Waals surface area contributed by atoms with Crippen molar-refractivity contribution in [2.45, 2.75) is 58.3 Å². The molecule has 212 valence electrons. The highest BCUT2D eigenvalue weighted by atomic mass is 19.1. The molecule has 40 heavy (non-hydrogen) atoms. The number of piperazine rings is 1. The first-order valence-electron chi connectivity index (χ1n) is 14.6. The van der Waals surface area contributed by atoms with Gasteiger partial charge in [-0.25, -0.2) is 4.39 Å². The van der Waals surface area contributed by atoms with Gasteiger partial charge in [0, 0.05) is 57.1 Å². The van der Waals surface area contributed by atoms with Crippen molar-refractivity contribution in [2.24, 2.45) is 0 Å². The Morgan fingerprint density at radius 3 is 2.17 bits per heavy atom. The van der Waals surface area contributed by atoms with Crippen LogP contribution in [0, 0.1) is 5.82 Å². The first kappa shape index (κ1) is 28.0. The van der Waals surface area contributed by atoms with Crippen molar-refractivity contribution in [3.63, 3.8) is 0 Å². The Balaban J connectivity index is 1.17. The lowest BCUT2D eigenvalue weighted by Crippen LogP contribution is -2.49. The minimum Gasteiger partial charge on any atom is -0.352 e. The van der Waals surface area contributed by atoms with E-state index in [1.54, 1.807) is 30.3 Å². The smallest absolute Gasteiger partial charge is 0.261 e. The number of benzene rings is 2. The number of amides is 2. The van der Waals surface area contributed by atoms with Crippen LogP contribution in [0.2, 0.25) is 0 Å². The van der Waals surface area contributed by atoms with Gasteiger partial charge in [-0.05, 0) is 30.7 Å². The molecule has 3 aromatic rings. The summed E-state index contributed by atoms with van der Waals surface area (Å²) in [6, 6.07) is 11.5. The topological polar surface area (TPSA) is 78.8 Å². The molecule has 0 aliphatic carbocycles. The predicted molar refractivity (Wildman–Crippen MR) is 153 cm³/mol. The molecule has 2 aliphatic heterocycles. The van der Waals surface area contributed by atoms with E-state index in [0.717, 1.165) is 37.7 Å². The van der Waals surface area contributed by atoms with Gasteiger partial charge in [-0.3, -0.25) is 24.2 Å². The van der Waals surface area contributed by atoms with Crippen molar-refractivity contribution in [1.29, 1.82) is 0 Å². The van der Waals surface area contributed by atoms with Gasteiger partial charge in [0.1, 0.15) is 5.82 Å². The minimum atomic E-state index is -0.387. The second-order valence-electron chi connectivity index (χ2n) is 10.8. The zero-order chi connectivity index (χ0) is 28.1. The van der Waals surface area contributed by atoms with E-state index in [1.165, 1.54) is 47.4 Å². The SMILES string of the molecule is CCCCCCCCCC(=O)n1nc(N2CCN(CCN3C(=O)c4ccccc4C3=O)CC2)c2ccc(F)cc21. The van der Waals surface area contributed by atoms with Crippen LogP contribution in [0.1, 0.15) is 83.8 Å². The molecule has 9 heteroatoms. The molecule has 0 N–H and O–H groups in total. The standard InChI is InChI=1S/C31H38FN5O3/c1-2-3-4-5-6-7-8-13-28(38)37-27-22-23(32)14-15-26(27)29(33-37)35-19-16-34(17-20-35)18-21-36-30(39)24-11-9-10-12-25(24)31(36)40/h9-12,14-15,22H,2-8,13,16-21H2,1H3. The van der Waals surface area contributed by atoms with Gasteiger partial charge in [0.05, 0.1) is 16.6 Å². The summed E-state index contributed by atoms with van der Waals surface area (Å²) in [7, 11) is 0. The van der Waals surface area contributed by atoms with Gasteiger partial charge < -0.3 is 4.90 Å². The highest BCUT2D eigenvalue weighted by Gasteiger charge is 2.35. The summed E-state index contributed by atoms with van der Waals surface area (Å²) in [5.74, 6) is -0.255. The van der Waals surface area contributed by atoms with E-state index >= 15 is 0 Å². The number of carbonyl (C=O) groups is 3. The van der Waals surface area contributed by atoms with E-state index in [-0.39, 0.29) is 23.5 Å². The fourth-order valence-corrected chi connectivity index (χ4v) is 5.70. The molecule has 0 saturated carbocycles. The van der Waals surface area contributed by atoms with Crippen molar-refractivity contribution < 1.29 is 18.8 Å². The number of halogens is 1. The molecular weight excluding hydrogens is 509 g/mol. The highest BCUT2D eigenvalue weighted by molar-refractivity contribution is 6.21. The number of hydrogen-bond donors (Lipinski definition) is 0. The predicted octanol–water partition coefficient (Wildman–Crippen LogP) is 5.37. The van der Waals surface area contributed by atoms with Crippen LogP contribution in [0.25, 0.3) is 10.9 Å². The van der Waals surface area contributed by atoms with Crippen LogP contribution in [-0.2, 0) is 0 Å². The highest BCUT2D eigenvalue weighted by Crippen LogP contribution is 2.29. The van der Waals surface area contributed by atoms with Crippen LogP contribution in [-0.4, -0.2) is 76.6 Å². The third-order valence-electron chi connectivity index (χ3n) is 8.04. The Morgan fingerprint density at radius 1 is 0.850 bits per heavy atom. The molecule has 2 aromatic carbocycles. The molecular formula is C31H38FN5O3. The van der Waals surface area contributed by atoms with Crippen LogP contribution in [0.5, 0.6) is 0 Å². The van der Waals surface area contributed by atoms with Crippen molar-refractivity contribution in [3.05, 3.63) is 59.4 Å². The maximum atomic E-state index is 14.2. The number of nitrogens with zero attached hydrogens (tertiary/aromatic N) is 5. The molecule has 0 unspecified atom stereocenters. The second-order valence-corrected chi connectivity index (χ2v) is 10.8. The average Bonchev–Trinajstić information content (AvgIpc) is 3.46. The van der Waals surface area contributed by atoms with Crippen molar-refractivity contribution >= 4 is 34.4 Å². The number of imide groups is 1. The first-order chi connectivity index (χ1) is 19.5. The summed E-state index contributed by atoms with van der Waals surface area (Å²) in [5.41, 5.74) is 1.45. The van der Waals surface area contributed by atoms with Gasteiger partial charge in [0.25, 0.3) is 11.8 Å². The molecule has 5 rings (SSSR count). The molecule has 2 aliphatic rings. The fourth-order valence-electron chi connectivity index (χ4n) is 5.70. The van der Waals surface area contributed by atoms with Crippen LogP contribution in [0.15, 0.2) is 42.5 Å². The molecule has 0 bridgehead atoms. The van der Waals surface area contributed by atoms with E-state index in [9.17, 15) is 18.8 Å². The van der Waals surface area contributed by atoms with Crippen molar-refractivity contribution in [1.82, 2.24) is 19.6 Å². The van der Waals surface area contributed by atoms with Gasteiger partial charge in [0.15, 0.2) is 5.82 Å². The summed E-state index contributed by atoms with van der Waals surface area (Å²) in [4.78, 5) is 44.1. The van der Waals surface area contributed by atoms with E-state index in [4.69, 9.17) is 0 Å². The van der Waals surface area contributed by atoms with Crippen molar-refractivity contribution in [2.75, 3.05) is 44.2 Å². The molecule has 0 spiro atoms. The van der Waals surface area contributed by atoms with Gasteiger partial charge in [-0.1, -0.05) is 57.6 Å². The fraction of sp³-hybridized carbons (Fsp3) is 0.484. The molecule has 0 atom stereocenters. The summed E-state index contributed by atoms with van der Waals surface area (Å²) >= 11 is 0. The second kappa shape index (κ2) is 12.7. The zero-order valence-electron chi connectivity index (χ0n) is 23.3. The van der Waals surface area contributed by atoms with Crippen molar-refractivity contribution in [3.8, 4) is 0 Å². The normalized spacial score (nSPS) is 15.8. The molecule has 1 saturated heterocycles. The Morgan fingerprint density at radius 2 is 1.50 bits per heavy atom. The monoisotopic (exact) mass is 547 g/mol. The lowest BCUT2D eigenvalue weighted by atomic mass is 10.1. The first-order valence-corrected chi connectivity index (χ1v) is 14.6. The van der Waals surface area contributed by atoms with Crippen LogP contribution in [0.3, 0.4) is 0 Å². The number of unbranched alkanes of at least 4 members (excludes halogenated alkanes) is 6. The molecule has 3 heterocycles. The molecule has 8 nitrogen and oxygen atoms in total. The number of carbonyl (C=O) groups excluding carboxylic acids is 3. The Hall–Kier alpha value is -3.59. The Kier molecular flexibility index (Phi) is 8.89. The van der Waals surface area contributed by atoms with Gasteiger partial charge in [0.2, 0.25) is 5.91 Å². The zero-order valence-corrected chi connectivity index (χ0v) is 23.3. The van der Waals surface area contributed by atoms with E-state index in [0.29, 0.717) is 55.1 Å². The third kappa shape index (κ3) is 5.94. The van der Waals surface area contributed by atoms with E-state index in [1.807, 2.05) is 0 Å². The molecule has 1 aromatic heterocycles. The lowest BCUT2D eigenvalue weighted by Gasteiger charge is -2.35. The number of anilines is 1. The van der Waals surface area contributed by atoms with Gasteiger partial charge in [-0.2, -0.15) is 4.68 Å². The van der Waals surface area contributed by atoms with Crippen LogP contribution < -0.4 is 4.90 Å². The number of rotatable bonds is 12. The number of hydrogen-bond acceptors (Lipinski definition) is 6. The summed E-state index contributed by atoms with van der Waals surface area (Å²) in [5, 5.41) is 5.45. The average molecular weight is 548 g/mol. The molecule has 0 radical (unpaired) electrons. The summed E-state index contributed by atoms with van der Waals surface area (Å²) in [6.45, 7) is 5.95. The quantitative estimate of drug-likeness (QED) is 0.224. The van der Waals surface area contributed by atoms with E-state index in [2.05, 4.69) is 21.8 Å². The third-order valence-corrected chi connectivity index (χ3v) is 8.04. The largest absolute Gasteiger partial charge is 0.352 e. The van der Waals surface area contributed by atoms with Gasteiger partial charge in [-0.15, -0.1) is 5.10 Å². The number of fused-ring (bicyclic) bond motifs is 2. The van der Waals surface area contributed by atoms with E-state index < -0.39 is 0 Å². The van der Waals surface area contributed by atoms with Crippen LogP contribution >= 0.6 is 0 Å². The summed E-state index contributed by atoms with van der Waals surface area (Å²) < 4.78 is 15.6. The maximum Gasteiger partial charge on any atom is 0.261 e. The molecule has 1 fully saturated rings. The number of aromatic nitrogens is 2. The van der Waals surface area contributed by atoms with Crippen LogP contribution in [0.4, 0.5) is 10.2 Å². The Labute approximate surface area is 234 Å². The lowest BCUT2D eigenvalue weighted by molar-refractivity contribution is 0.0634.